The van der Waals surface area contributed by atoms with Gasteiger partial charge in [-0.25, -0.2) is 29.0 Å². The number of halogens is 10. The molecule has 0 atom stereocenters. The first-order valence-electron chi connectivity index (χ1n) is 34.4. The van der Waals surface area contributed by atoms with Crippen LogP contribution in [0.2, 0.25) is 0 Å². The van der Waals surface area contributed by atoms with Gasteiger partial charge in [0.2, 0.25) is 17.7 Å². The van der Waals surface area contributed by atoms with E-state index in [-0.39, 0.29) is 81.3 Å². The Bertz CT molecular complexity index is 3910. The molecule has 0 bridgehead atoms. The second-order valence-electron chi connectivity index (χ2n) is 33.4. The molecule has 0 aliphatic carbocycles. The van der Waals surface area contributed by atoms with Gasteiger partial charge in [-0.05, 0) is 88.1 Å². The van der Waals surface area contributed by atoms with Crippen molar-refractivity contribution >= 4 is 5.91 Å². The molecular formula is C75H123F10N17O4. The third kappa shape index (κ3) is 28.0. The highest BCUT2D eigenvalue weighted by atomic mass is 19.3. The largest absolute Gasteiger partial charge is 0.481 e. The number of ether oxygens (including phenoxy) is 3. The van der Waals surface area contributed by atoms with Gasteiger partial charge in [0, 0.05) is 134 Å². The van der Waals surface area contributed by atoms with Crippen molar-refractivity contribution in [2.45, 2.75) is 289 Å². The van der Waals surface area contributed by atoms with Gasteiger partial charge in [0.25, 0.3) is 23.7 Å². The van der Waals surface area contributed by atoms with Crippen LogP contribution in [0.25, 0.3) is 0 Å². The Kier molecular flexibility index (Phi) is 32.1. The van der Waals surface area contributed by atoms with Crippen LogP contribution in [0.1, 0.15) is 263 Å². The van der Waals surface area contributed by atoms with Crippen molar-refractivity contribution in [1.29, 1.82) is 0 Å². The van der Waals surface area contributed by atoms with Crippen molar-refractivity contribution in [3.8, 4) is 30.1 Å². The van der Waals surface area contributed by atoms with Crippen molar-refractivity contribution in [2.24, 2.45) is 14.1 Å². The molecule has 1 amide bonds. The molecule has 7 aromatic heterocycles. The highest BCUT2D eigenvalue weighted by molar-refractivity contribution is 5.75. The lowest BCUT2D eigenvalue weighted by Gasteiger charge is -2.24. The van der Waals surface area contributed by atoms with Gasteiger partial charge in [0.05, 0.1) is 48.8 Å². The van der Waals surface area contributed by atoms with E-state index in [1.807, 2.05) is 140 Å². The van der Waals surface area contributed by atoms with Gasteiger partial charge in [-0.2, -0.15) is 69.3 Å². The Hall–Kier alpha value is -7.91. The van der Waals surface area contributed by atoms with E-state index in [4.69, 9.17) is 20.6 Å². The summed E-state index contributed by atoms with van der Waals surface area (Å²) in [6, 6.07) is 5.05. The standard InChI is InChI=1S/C13H21F2N3O.C12H19F2N3.C11H18F2N2O.C10H16F2N2O.C10H16F2N2.C10H14N2.C8H15N3O.CH4/c1-12(2,3)11-16-9(13(4,14)15)7-18(11)8-10(19)17(5)6;1-11(2,3)10-16-9(12(4,13)14)8-7-15-5-6-17(8)10;1-6-16-9-7-8(11(5,12)13)14-15(9)10(2,3)4;1-9(2,3)14-8(15-5)6-7(13-14)10(4,11)12;1-9(2,3)7-6-14(5)8(13-7)10(4,11)12;1-6-9-7-8(2)12(11-9)10(3,4)5;1-8(2,3)6-9-7(12-5)11(4)10-6;/h7H,8H2,1-6H3;15H,5-7H2,1-4H3;7H,6H2,1-5H3;6H,1-5H3;6H,1-5H3;1,7H,2-5H3;1-5H3;1H4. The number of aryl methyl sites for hydroxylation is 3. The summed E-state index contributed by atoms with van der Waals surface area (Å²) in [5.41, 5.74) is 0.658. The summed E-state index contributed by atoms with van der Waals surface area (Å²) in [6.45, 7) is 51.8. The highest BCUT2D eigenvalue weighted by Crippen LogP contribution is 2.37. The number of terminal acetylenes is 1. The molecule has 8 rings (SSSR count). The van der Waals surface area contributed by atoms with E-state index in [9.17, 15) is 48.7 Å². The molecular weight excluding hydrogens is 1390 g/mol. The molecule has 7 aromatic rings. The minimum atomic E-state index is -3.01. The zero-order chi connectivity index (χ0) is 82.1. The minimum Gasteiger partial charge on any atom is -0.481 e. The Labute approximate surface area is 623 Å². The first-order chi connectivity index (χ1) is 47.0. The van der Waals surface area contributed by atoms with Crippen LogP contribution in [0.4, 0.5) is 43.9 Å². The molecule has 1 aliphatic heterocycles. The number of likely N-dealkylation sites (N-methyl/N-ethyl adjacent to an activating group) is 1. The number of methoxy groups -OCH3 is 2. The lowest BCUT2D eigenvalue weighted by molar-refractivity contribution is -0.129. The van der Waals surface area contributed by atoms with Crippen molar-refractivity contribution in [1.82, 2.24) is 83.0 Å². The number of aromatic nitrogens is 15. The number of carbonyl (C=O) groups is 1. The van der Waals surface area contributed by atoms with Crippen LogP contribution < -0.4 is 19.5 Å². The summed E-state index contributed by atoms with van der Waals surface area (Å²) < 4.78 is 159. The second kappa shape index (κ2) is 35.4. The minimum absolute atomic E-state index is 0. The molecule has 31 heteroatoms. The van der Waals surface area contributed by atoms with Crippen LogP contribution in [0.15, 0.2) is 30.6 Å². The lowest BCUT2D eigenvalue weighted by atomic mass is 9.93. The van der Waals surface area contributed by atoms with Crippen LogP contribution >= 0.6 is 0 Å². The van der Waals surface area contributed by atoms with Crippen molar-refractivity contribution in [2.75, 3.05) is 41.5 Å². The summed E-state index contributed by atoms with van der Waals surface area (Å²) in [6.07, 6.45) is 8.17. The van der Waals surface area contributed by atoms with Crippen LogP contribution in [0.3, 0.4) is 0 Å². The number of carbonyl (C=O) groups excluding carboxylic acids is 1. The summed E-state index contributed by atoms with van der Waals surface area (Å²) in [4.78, 5) is 29.6. The van der Waals surface area contributed by atoms with Crippen LogP contribution in [-0.2, 0) is 106 Å². The number of nitrogens with zero attached hydrogens (tertiary/aromatic N) is 16. The Morgan fingerprint density at radius 3 is 1.32 bits per heavy atom. The van der Waals surface area contributed by atoms with Crippen molar-refractivity contribution < 1.29 is 62.9 Å². The van der Waals surface area contributed by atoms with E-state index in [0.717, 1.165) is 58.5 Å². The third-order valence-corrected chi connectivity index (χ3v) is 15.0. The van der Waals surface area contributed by atoms with Crippen LogP contribution in [-0.4, -0.2) is 125 Å². The number of rotatable bonds is 11. The molecule has 21 nitrogen and oxygen atoms in total. The normalized spacial score (nSPS) is 13.2. The maximum atomic E-state index is 13.5. The van der Waals surface area contributed by atoms with Gasteiger partial charge >= 0.3 is 11.9 Å². The average Bonchev–Trinajstić information content (AvgIpc) is 1.60. The quantitative estimate of drug-likeness (QED) is 0.0949. The van der Waals surface area contributed by atoms with E-state index in [0.29, 0.717) is 60.4 Å². The molecule has 1 N–H and O–H groups in total. The first kappa shape index (κ1) is 96.1. The molecule has 8 heterocycles. The van der Waals surface area contributed by atoms with Gasteiger partial charge in [-0.3, -0.25) is 9.48 Å². The Morgan fingerprint density at radius 1 is 0.547 bits per heavy atom. The van der Waals surface area contributed by atoms with E-state index < -0.39 is 35.0 Å². The number of imidazole rings is 3. The Balaban J connectivity index is 0.000000620. The fourth-order valence-electron chi connectivity index (χ4n) is 9.70. The summed E-state index contributed by atoms with van der Waals surface area (Å²) in [5.74, 6) is -9.68. The topological polar surface area (TPSA) is 198 Å². The van der Waals surface area contributed by atoms with E-state index in [2.05, 4.69) is 93.1 Å². The number of hydrogen-bond donors (Lipinski definition) is 1. The van der Waals surface area contributed by atoms with Crippen LogP contribution in [0.5, 0.6) is 17.8 Å². The van der Waals surface area contributed by atoms with Gasteiger partial charge in [0.15, 0.2) is 11.6 Å². The number of nitrogens with one attached hydrogen (secondary N) is 1. The molecule has 0 fully saturated rings. The van der Waals surface area contributed by atoms with Gasteiger partial charge in [-0.15, -0.1) is 6.42 Å². The summed E-state index contributed by atoms with van der Waals surface area (Å²) in [5, 5.41) is 19.4. The maximum absolute atomic E-state index is 13.5. The van der Waals surface area contributed by atoms with Gasteiger partial charge in [-0.1, -0.05) is 90.5 Å². The highest BCUT2D eigenvalue weighted by Gasteiger charge is 2.39. The monoisotopic (exact) mass is 1520 g/mol. The zero-order valence-electron chi connectivity index (χ0n) is 68.6. The molecule has 0 saturated heterocycles. The smallest absolute Gasteiger partial charge is 0.314 e. The number of alkyl halides is 10. The molecule has 106 heavy (non-hydrogen) atoms. The first-order valence-corrected chi connectivity index (χ1v) is 34.4. The van der Waals surface area contributed by atoms with E-state index in [1.165, 1.54) is 48.8 Å². The van der Waals surface area contributed by atoms with Crippen LogP contribution in [0, 0.1) is 19.3 Å². The second-order valence-corrected chi connectivity index (χ2v) is 33.4. The average molecular weight is 1520 g/mol. The van der Waals surface area contributed by atoms with Gasteiger partial charge in [0.1, 0.15) is 46.7 Å². The molecule has 0 radical (unpaired) electrons. The van der Waals surface area contributed by atoms with E-state index in [1.54, 1.807) is 39.1 Å². The lowest BCUT2D eigenvalue weighted by Crippen LogP contribution is -2.32. The fraction of sp³-hybridized carbons (Fsp3) is 0.693. The zero-order valence-corrected chi connectivity index (χ0v) is 68.6. The Morgan fingerprint density at radius 2 is 1.01 bits per heavy atom. The molecule has 0 saturated carbocycles. The molecule has 1 aliphatic rings. The van der Waals surface area contributed by atoms with Crippen molar-refractivity contribution in [3.63, 3.8) is 0 Å². The number of fused-ring (bicyclic) bond motifs is 1. The molecule has 0 spiro atoms. The van der Waals surface area contributed by atoms with E-state index >= 15 is 0 Å². The SMILES string of the molecule is C.C#Cc1cc(C)n(C(C)(C)C)n1.CC(C)(C)c1nc(C(C)(F)F)c2n1CCNC2.CCOc1cc(C(C)(F)F)nn1C(C)(C)C.CN(C)C(=O)Cn1cc(C(C)(F)F)nc1C(C)(C)C.COc1cc(C(C)(F)F)nn1C(C)(C)C.COc1nc(C(C)(C)C)nn1C.Cn1cc(C(C)(C)C)nc1C(C)(F)F. The van der Waals surface area contributed by atoms with Gasteiger partial charge < -0.3 is 38.1 Å². The number of amides is 1. The molecule has 0 unspecified atom stereocenters. The summed E-state index contributed by atoms with van der Waals surface area (Å²) >= 11 is 0. The maximum Gasteiger partial charge on any atom is 0.314 e. The number of hydrogen-bond acceptors (Lipinski definition) is 13. The summed E-state index contributed by atoms with van der Waals surface area (Å²) in [7, 11) is 9.71. The van der Waals surface area contributed by atoms with Crippen molar-refractivity contribution in [3.05, 3.63) is 99.4 Å². The third-order valence-electron chi connectivity index (χ3n) is 15.0. The predicted molar refractivity (Wildman–Crippen MR) is 397 cm³/mol. The molecule has 602 valence electrons. The fourth-order valence-corrected chi connectivity index (χ4v) is 9.70. The predicted octanol–water partition coefficient (Wildman–Crippen LogP) is 17.2. The molecule has 0 aromatic carbocycles.